The van der Waals surface area contributed by atoms with Gasteiger partial charge in [0, 0.05) is 30.1 Å². The summed E-state index contributed by atoms with van der Waals surface area (Å²) in [4.78, 5) is 18.9. The predicted octanol–water partition coefficient (Wildman–Crippen LogP) is 2.64. The van der Waals surface area contributed by atoms with Crippen molar-refractivity contribution in [3.05, 3.63) is 17.8 Å². The largest absolute Gasteiger partial charge is 0.496 e. The van der Waals surface area contributed by atoms with Crippen molar-refractivity contribution in [3.8, 4) is 11.6 Å². The van der Waals surface area contributed by atoms with Crippen molar-refractivity contribution in [2.75, 3.05) is 26.9 Å². The third-order valence-corrected chi connectivity index (χ3v) is 7.94. The Morgan fingerprint density at radius 1 is 1.17 bits per heavy atom. The van der Waals surface area contributed by atoms with E-state index >= 15 is 0 Å². The molecule has 1 saturated heterocycles. The second-order valence-corrected chi connectivity index (χ2v) is 10.8. The third kappa shape index (κ3) is 5.95. The van der Waals surface area contributed by atoms with Gasteiger partial charge in [0.2, 0.25) is 5.88 Å². The minimum atomic E-state index is -4.84. The first-order valence-electron chi connectivity index (χ1n) is 11.7. The number of nitrogens with one attached hydrogen (secondary N) is 1. The molecule has 4 aliphatic rings. The van der Waals surface area contributed by atoms with Crippen LogP contribution in [0.1, 0.15) is 50.6 Å². The lowest BCUT2D eigenvalue weighted by atomic mass is 9.85. The van der Waals surface area contributed by atoms with E-state index in [1.54, 1.807) is 20.1 Å². The van der Waals surface area contributed by atoms with Crippen LogP contribution < -0.4 is 14.2 Å². The minimum Gasteiger partial charge on any atom is -0.496 e. The van der Waals surface area contributed by atoms with Crippen LogP contribution in [0.15, 0.2) is 12.1 Å². The van der Waals surface area contributed by atoms with E-state index < -0.39 is 40.0 Å². The topological polar surface area (TPSA) is 116 Å². The predicted molar refractivity (Wildman–Crippen MR) is 120 cm³/mol. The average Bonchev–Trinajstić information content (AvgIpc) is 3.13. The molecule has 3 unspecified atom stereocenters. The van der Waals surface area contributed by atoms with Crippen LogP contribution in [0.2, 0.25) is 0 Å². The normalized spacial score (nSPS) is 30.0. The monoisotopic (exact) mass is 519 g/mol. The number of amides is 1. The third-order valence-electron chi connectivity index (χ3n) is 6.84. The number of hydrogen-bond acceptors (Lipinski definition) is 8. The fourth-order valence-electron chi connectivity index (χ4n) is 5.07. The number of carbonyl (C=O) groups is 1. The van der Waals surface area contributed by atoms with Crippen molar-refractivity contribution >= 4 is 16.1 Å². The number of pyridine rings is 1. The molecule has 0 radical (unpaired) electrons. The number of halogens is 2. The molecule has 4 bridgehead atoms. The molecule has 35 heavy (non-hydrogen) atoms. The molecule has 1 aliphatic carbocycles. The van der Waals surface area contributed by atoms with E-state index in [1.165, 1.54) is 4.90 Å². The van der Waals surface area contributed by atoms with Crippen LogP contribution in [-0.4, -0.2) is 81.3 Å². The van der Waals surface area contributed by atoms with E-state index in [4.69, 9.17) is 18.9 Å². The maximum absolute atomic E-state index is 13.0. The Morgan fingerprint density at radius 2 is 1.89 bits per heavy atom. The van der Waals surface area contributed by atoms with Gasteiger partial charge >= 0.3 is 11.9 Å². The summed E-state index contributed by atoms with van der Waals surface area (Å²) in [5.41, 5.74) is 0.860. The van der Waals surface area contributed by atoms with Crippen LogP contribution in [0.3, 0.4) is 0 Å². The second kappa shape index (κ2) is 10.8. The smallest absolute Gasteiger partial charge is 0.410 e. The molecular weight excluding hydrogens is 488 g/mol. The quantitative estimate of drug-likeness (QED) is 0.646. The zero-order valence-corrected chi connectivity index (χ0v) is 20.5. The van der Waals surface area contributed by atoms with Gasteiger partial charge in [0.1, 0.15) is 19.0 Å². The molecule has 4 heterocycles. The van der Waals surface area contributed by atoms with E-state index in [1.807, 2.05) is 6.07 Å². The molecule has 196 valence electrons. The maximum atomic E-state index is 13.0. The molecule has 1 aromatic rings. The van der Waals surface area contributed by atoms with Crippen molar-refractivity contribution in [1.82, 2.24) is 14.6 Å². The fraction of sp³-hybridized carbons (Fsp3) is 0.727. The summed E-state index contributed by atoms with van der Waals surface area (Å²) in [6.45, 7) is 1.68. The molecule has 3 aliphatic heterocycles. The standard InChI is InChI=1S/C22H31F2N3O7S/c1-13-9-18(26-35(29,30)21(23)24)19-12-34-15-5-3-14(4-6-15)17-10-16(31-2)11-20(25-17)32-7-8-33-22(28)27(13)19/h10-11,13-15,18-19,21,26H,3-9,12H2,1-2H3. The molecule has 1 amide bonds. The number of rotatable bonds is 4. The zero-order chi connectivity index (χ0) is 25.2. The summed E-state index contributed by atoms with van der Waals surface area (Å²) in [6.07, 6.45) is 2.47. The summed E-state index contributed by atoms with van der Waals surface area (Å²) < 4.78 is 74.4. The highest BCUT2D eigenvalue weighted by molar-refractivity contribution is 7.89. The highest BCUT2D eigenvalue weighted by Gasteiger charge is 2.46. The number of hydrogen-bond donors (Lipinski definition) is 1. The van der Waals surface area contributed by atoms with Gasteiger partial charge in [0.25, 0.3) is 10.0 Å². The molecule has 0 aromatic carbocycles. The van der Waals surface area contributed by atoms with E-state index in [-0.39, 0.29) is 38.3 Å². The van der Waals surface area contributed by atoms with E-state index in [2.05, 4.69) is 9.71 Å². The molecular formula is C22H31F2N3O7S. The lowest BCUT2D eigenvalue weighted by Crippen LogP contribution is -2.51. The first-order valence-corrected chi connectivity index (χ1v) is 13.3. The Morgan fingerprint density at radius 3 is 2.57 bits per heavy atom. The number of methoxy groups -OCH3 is 1. The molecule has 1 saturated carbocycles. The number of carbonyl (C=O) groups excluding carboxylic acids is 1. The number of fused-ring (bicyclic) bond motifs is 7. The van der Waals surface area contributed by atoms with Crippen LogP contribution in [0.25, 0.3) is 0 Å². The van der Waals surface area contributed by atoms with Gasteiger partial charge in [-0.15, -0.1) is 0 Å². The molecule has 13 heteroatoms. The van der Waals surface area contributed by atoms with Gasteiger partial charge in [0.05, 0.1) is 31.6 Å². The fourth-order valence-corrected chi connectivity index (χ4v) is 5.85. The van der Waals surface area contributed by atoms with Gasteiger partial charge in [-0.05, 0) is 39.0 Å². The summed E-state index contributed by atoms with van der Waals surface area (Å²) in [6, 6.07) is 1.41. The van der Waals surface area contributed by atoms with Crippen molar-refractivity contribution < 1.29 is 40.9 Å². The second-order valence-electron chi connectivity index (χ2n) is 9.13. The Bertz CT molecular complexity index is 1000. The van der Waals surface area contributed by atoms with Crippen LogP contribution >= 0.6 is 0 Å². The minimum absolute atomic E-state index is 0.00323. The van der Waals surface area contributed by atoms with Crippen LogP contribution in [0.5, 0.6) is 11.6 Å². The Labute approximate surface area is 203 Å². The average molecular weight is 520 g/mol. The lowest BCUT2D eigenvalue weighted by molar-refractivity contribution is -0.0119. The Hall–Kier alpha value is -2.25. The number of sulfonamides is 1. The maximum Gasteiger partial charge on any atom is 0.410 e. The van der Waals surface area contributed by atoms with Gasteiger partial charge in [-0.25, -0.2) is 22.9 Å². The summed E-state index contributed by atoms with van der Waals surface area (Å²) in [5.74, 6) is -2.36. The van der Waals surface area contributed by atoms with Crippen molar-refractivity contribution in [2.45, 2.75) is 74.9 Å². The SMILES string of the molecule is COc1cc2nc(c1)C1CCC(CC1)OCC1C(NS(=O)(=O)C(F)F)CC(C)N1C(=O)OCCO2. The molecule has 0 spiro atoms. The van der Waals surface area contributed by atoms with Gasteiger partial charge in [-0.3, -0.25) is 4.90 Å². The van der Waals surface area contributed by atoms with Crippen molar-refractivity contribution in [3.63, 3.8) is 0 Å². The molecule has 1 N–H and O–H groups in total. The lowest BCUT2D eigenvalue weighted by Gasteiger charge is -2.33. The van der Waals surface area contributed by atoms with E-state index in [9.17, 15) is 22.0 Å². The summed E-state index contributed by atoms with van der Waals surface area (Å²) in [7, 11) is -3.27. The van der Waals surface area contributed by atoms with Crippen LogP contribution in [0, 0.1) is 0 Å². The summed E-state index contributed by atoms with van der Waals surface area (Å²) >= 11 is 0. The van der Waals surface area contributed by atoms with Gasteiger partial charge in [-0.2, -0.15) is 8.78 Å². The Balaban J connectivity index is 1.55. The number of alkyl halides is 2. The molecule has 2 fully saturated rings. The molecule has 10 nitrogen and oxygen atoms in total. The van der Waals surface area contributed by atoms with E-state index in [0.29, 0.717) is 11.6 Å². The van der Waals surface area contributed by atoms with Gasteiger partial charge < -0.3 is 18.9 Å². The van der Waals surface area contributed by atoms with Crippen molar-refractivity contribution in [1.29, 1.82) is 0 Å². The number of nitrogens with zero attached hydrogens (tertiary/aromatic N) is 2. The van der Waals surface area contributed by atoms with E-state index in [0.717, 1.165) is 31.4 Å². The molecule has 3 atom stereocenters. The van der Waals surface area contributed by atoms with Gasteiger partial charge in [-0.1, -0.05) is 0 Å². The van der Waals surface area contributed by atoms with Crippen molar-refractivity contribution in [2.24, 2.45) is 0 Å². The Kier molecular flexibility index (Phi) is 7.96. The van der Waals surface area contributed by atoms with Crippen LogP contribution in [-0.2, 0) is 19.5 Å². The number of ether oxygens (including phenoxy) is 4. The van der Waals surface area contributed by atoms with Gasteiger partial charge in [0.15, 0.2) is 0 Å². The first-order chi connectivity index (χ1) is 16.7. The summed E-state index contributed by atoms with van der Waals surface area (Å²) in [5, 5.41) is 0. The zero-order valence-electron chi connectivity index (χ0n) is 19.7. The van der Waals surface area contributed by atoms with Crippen LogP contribution in [0.4, 0.5) is 13.6 Å². The first kappa shape index (κ1) is 25.8. The highest BCUT2D eigenvalue weighted by Crippen LogP contribution is 2.36. The molecule has 1 aromatic heterocycles. The number of aromatic nitrogens is 1. The molecule has 5 rings (SSSR count). The highest BCUT2D eigenvalue weighted by atomic mass is 32.2.